The molecule has 0 radical (unpaired) electrons. The molecule has 9 nitrogen and oxygen atoms in total. The molecule has 0 saturated carbocycles. The molecule has 41 heavy (non-hydrogen) atoms. The van der Waals surface area contributed by atoms with Crippen LogP contribution in [0.1, 0.15) is 38.1 Å². The molecule has 3 heterocycles. The fourth-order valence-corrected chi connectivity index (χ4v) is 5.82. The van der Waals surface area contributed by atoms with E-state index in [-0.39, 0.29) is 29.2 Å². The van der Waals surface area contributed by atoms with Gasteiger partial charge in [0, 0.05) is 18.6 Å². The van der Waals surface area contributed by atoms with Gasteiger partial charge in [0.05, 0.1) is 40.6 Å². The van der Waals surface area contributed by atoms with Crippen molar-refractivity contribution in [2.75, 3.05) is 13.7 Å². The first-order valence-corrected chi connectivity index (χ1v) is 13.8. The molecule has 0 spiro atoms. The largest absolute Gasteiger partial charge is 0.493 e. The van der Waals surface area contributed by atoms with Gasteiger partial charge in [0.25, 0.3) is 5.56 Å². The molecule has 4 aromatic rings. The van der Waals surface area contributed by atoms with Gasteiger partial charge >= 0.3 is 11.9 Å². The Balaban J connectivity index is 1.66. The SMILES string of the molecule is CCOC(=O)C1=C(C)N=c2sc(=Cc3ccc(-c4ccccc4Cl)o3)c(=O)n2C1c1ccc(OC(C)=O)c(OC)c1. The van der Waals surface area contributed by atoms with Crippen molar-refractivity contribution in [3.63, 3.8) is 0 Å². The fraction of sp³-hybridized carbons (Fsp3) is 0.200. The second-order valence-electron chi connectivity index (χ2n) is 8.99. The molecule has 1 atom stereocenters. The third-order valence-corrected chi connectivity index (χ3v) is 7.63. The minimum atomic E-state index is -0.872. The number of hydrogen-bond donors (Lipinski definition) is 0. The average molecular weight is 593 g/mol. The maximum Gasteiger partial charge on any atom is 0.338 e. The van der Waals surface area contributed by atoms with Crippen LogP contribution in [-0.4, -0.2) is 30.2 Å². The zero-order chi connectivity index (χ0) is 29.3. The summed E-state index contributed by atoms with van der Waals surface area (Å²) in [6.07, 6.45) is 1.63. The molecule has 0 fully saturated rings. The maximum atomic E-state index is 13.9. The van der Waals surface area contributed by atoms with Gasteiger partial charge in [-0.25, -0.2) is 9.79 Å². The molecule has 210 valence electrons. The van der Waals surface area contributed by atoms with Gasteiger partial charge in [0.2, 0.25) is 0 Å². The summed E-state index contributed by atoms with van der Waals surface area (Å²) in [5, 5.41) is 0.546. The highest BCUT2D eigenvalue weighted by atomic mass is 35.5. The molecular formula is C30H25ClN2O7S. The van der Waals surface area contributed by atoms with Crippen LogP contribution in [0.15, 0.2) is 80.1 Å². The van der Waals surface area contributed by atoms with Crippen LogP contribution in [0.5, 0.6) is 11.5 Å². The van der Waals surface area contributed by atoms with Gasteiger partial charge < -0.3 is 18.6 Å². The van der Waals surface area contributed by atoms with Gasteiger partial charge in [-0.05, 0) is 55.8 Å². The highest BCUT2D eigenvalue weighted by molar-refractivity contribution is 7.07. The molecule has 0 saturated heterocycles. The van der Waals surface area contributed by atoms with E-state index in [2.05, 4.69) is 4.99 Å². The number of ether oxygens (including phenoxy) is 3. The molecule has 5 rings (SSSR count). The van der Waals surface area contributed by atoms with Crippen molar-refractivity contribution in [2.45, 2.75) is 26.8 Å². The number of furan rings is 1. The van der Waals surface area contributed by atoms with Crippen LogP contribution in [0.2, 0.25) is 5.02 Å². The van der Waals surface area contributed by atoms with Crippen molar-refractivity contribution in [2.24, 2.45) is 4.99 Å². The number of thiazole rings is 1. The first-order chi connectivity index (χ1) is 19.7. The number of rotatable bonds is 7. The Kier molecular flexibility index (Phi) is 7.96. The van der Waals surface area contributed by atoms with Crippen molar-refractivity contribution in [3.05, 3.63) is 102 Å². The quantitative estimate of drug-likeness (QED) is 0.227. The standard InChI is InChI=1S/C30H25ClN2O7S/c1-5-38-29(36)26-16(2)32-30-33(27(26)18-10-12-23(39-17(3)34)24(14-18)37-4)28(35)25(41-30)15-19-11-13-22(40-19)20-8-6-7-9-21(20)31/h6-15,27H,5H2,1-4H3. The van der Waals surface area contributed by atoms with Gasteiger partial charge in [0.1, 0.15) is 11.5 Å². The van der Waals surface area contributed by atoms with E-state index in [1.54, 1.807) is 56.3 Å². The first kappa shape index (κ1) is 28.1. The van der Waals surface area contributed by atoms with Crippen molar-refractivity contribution >= 4 is 41.0 Å². The highest BCUT2D eigenvalue weighted by Gasteiger charge is 2.34. The van der Waals surface area contributed by atoms with Crippen LogP contribution in [0, 0.1) is 0 Å². The molecule has 0 aliphatic carbocycles. The molecule has 2 aromatic carbocycles. The van der Waals surface area contributed by atoms with E-state index in [9.17, 15) is 14.4 Å². The number of carbonyl (C=O) groups is 2. The van der Waals surface area contributed by atoms with Crippen molar-refractivity contribution in [3.8, 4) is 22.8 Å². The highest BCUT2D eigenvalue weighted by Crippen LogP contribution is 2.36. The fourth-order valence-electron chi connectivity index (χ4n) is 4.57. The summed E-state index contributed by atoms with van der Waals surface area (Å²) in [6.45, 7) is 4.83. The lowest BCUT2D eigenvalue weighted by atomic mass is 9.95. The van der Waals surface area contributed by atoms with Gasteiger partial charge in [-0.3, -0.25) is 14.2 Å². The van der Waals surface area contributed by atoms with Gasteiger partial charge in [-0.2, -0.15) is 0 Å². The normalized spacial score (nSPS) is 14.9. The molecule has 0 amide bonds. The zero-order valence-electron chi connectivity index (χ0n) is 22.6. The molecule has 1 aliphatic heterocycles. The summed E-state index contributed by atoms with van der Waals surface area (Å²) >= 11 is 7.49. The molecular weight excluding hydrogens is 568 g/mol. The second-order valence-corrected chi connectivity index (χ2v) is 10.4. The number of methoxy groups -OCH3 is 1. The molecule has 0 bridgehead atoms. The van der Waals surface area contributed by atoms with Crippen LogP contribution in [0.3, 0.4) is 0 Å². The summed E-state index contributed by atoms with van der Waals surface area (Å²) < 4.78 is 23.8. The van der Waals surface area contributed by atoms with E-state index in [0.29, 0.717) is 37.1 Å². The van der Waals surface area contributed by atoms with Crippen LogP contribution >= 0.6 is 22.9 Å². The molecule has 11 heteroatoms. The number of hydrogen-bond acceptors (Lipinski definition) is 9. The van der Waals surface area contributed by atoms with Gasteiger partial charge in [-0.1, -0.05) is 41.1 Å². The average Bonchev–Trinajstić information content (AvgIpc) is 3.52. The van der Waals surface area contributed by atoms with E-state index in [0.717, 1.165) is 5.56 Å². The monoisotopic (exact) mass is 592 g/mol. The number of nitrogens with zero attached hydrogens (tertiary/aromatic N) is 2. The summed E-state index contributed by atoms with van der Waals surface area (Å²) in [5.74, 6) is 0.388. The maximum absolute atomic E-state index is 13.9. The van der Waals surface area contributed by atoms with E-state index < -0.39 is 18.0 Å². The van der Waals surface area contributed by atoms with E-state index in [4.69, 9.17) is 30.2 Å². The Morgan fingerprint density at radius 1 is 1.15 bits per heavy atom. The molecule has 1 aliphatic rings. The number of esters is 2. The van der Waals surface area contributed by atoms with Crippen molar-refractivity contribution in [1.29, 1.82) is 0 Å². The predicted molar refractivity (Wildman–Crippen MR) is 154 cm³/mol. The Morgan fingerprint density at radius 3 is 2.63 bits per heavy atom. The number of allylic oxidation sites excluding steroid dienone is 1. The smallest absolute Gasteiger partial charge is 0.338 e. The number of carbonyl (C=O) groups excluding carboxylic acids is 2. The minimum absolute atomic E-state index is 0.147. The zero-order valence-corrected chi connectivity index (χ0v) is 24.2. The number of aromatic nitrogens is 1. The van der Waals surface area contributed by atoms with E-state index in [1.807, 2.05) is 18.2 Å². The van der Waals surface area contributed by atoms with E-state index in [1.165, 1.54) is 29.9 Å². The lowest BCUT2D eigenvalue weighted by Gasteiger charge is -2.25. The third-order valence-electron chi connectivity index (χ3n) is 6.31. The van der Waals surface area contributed by atoms with Gasteiger partial charge in [0.15, 0.2) is 16.3 Å². The number of halogens is 1. The summed E-state index contributed by atoms with van der Waals surface area (Å²) in [6, 6.07) is 14.8. The number of benzene rings is 2. The van der Waals surface area contributed by atoms with Gasteiger partial charge in [-0.15, -0.1) is 0 Å². The first-order valence-electron chi connectivity index (χ1n) is 12.6. The van der Waals surface area contributed by atoms with Crippen molar-refractivity contribution in [1.82, 2.24) is 4.57 Å². The minimum Gasteiger partial charge on any atom is -0.493 e. The Labute approximate surface area is 243 Å². The van der Waals surface area contributed by atoms with Crippen LogP contribution in [0.4, 0.5) is 0 Å². The summed E-state index contributed by atoms with van der Waals surface area (Å²) in [5.41, 5.74) is 1.54. The third kappa shape index (κ3) is 5.48. The molecule has 2 aromatic heterocycles. The number of fused-ring (bicyclic) bond motifs is 1. The Hall–Kier alpha value is -4.41. The lowest BCUT2D eigenvalue weighted by Crippen LogP contribution is -2.39. The summed E-state index contributed by atoms with van der Waals surface area (Å²) in [4.78, 5) is 43.6. The van der Waals surface area contributed by atoms with Crippen LogP contribution in [0.25, 0.3) is 17.4 Å². The second kappa shape index (κ2) is 11.6. The topological polar surface area (TPSA) is 109 Å². The Bertz CT molecular complexity index is 1880. The lowest BCUT2D eigenvalue weighted by molar-refractivity contribution is -0.139. The van der Waals surface area contributed by atoms with Crippen molar-refractivity contribution < 1.29 is 28.2 Å². The van der Waals surface area contributed by atoms with E-state index >= 15 is 0 Å². The molecule has 1 unspecified atom stereocenters. The Morgan fingerprint density at radius 2 is 1.93 bits per heavy atom. The summed E-state index contributed by atoms with van der Waals surface area (Å²) in [7, 11) is 1.44. The van der Waals surface area contributed by atoms with Crippen LogP contribution in [-0.2, 0) is 14.3 Å². The predicted octanol–water partition coefficient (Wildman–Crippen LogP) is 4.65. The molecule has 0 N–H and O–H groups in total. The van der Waals surface area contributed by atoms with Crippen LogP contribution < -0.4 is 24.4 Å².